The fourth-order valence-electron chi connectivity index (χ4n) is 2.48. The molecule has 1 unspecified atom stereocenters. The predicted octanol–water partition coefficient (Wildman–Crippen LogP) is 4.01. The maximum Gasteiger partial charge on any atom is 0.178 e. The number of aryl methyl sites for hydroxylation is 1. The lowest BCUT2D eigenvalue weighted by Crippen LogP contribution is -2.08. The van der Waals surface area contributed by atoms with Crippen LogP contribution in [0.25, 0.3) is 11.0 Å². The summed E-state index contributed by atoms with van der Waals surface area (Å²) < 4.78 is 2.88. The Kier molecular flexibility index (Phi) is 2.95. The molecule has 0 aliphatic rings. The molecule has 0 bridgehead atoms. The van der Waals surface area contributed by atoms with E-state index in [9.17, 15) is 0 Å². The molecule has 0 fully saturated rings. The minimum atomic E-state index is 0.114. The molecule has 3 aromatic rings. The van der Waals surface area contributed by atoms with Gasteiger partial charge in [0.1, 0.15) is 0 Å². The van der Waals surface area contributed by atoms with Gasteiger partial charge in [-0.15, -0.1) is 0 Å². The van der Waals surface area contributed by atoms with Crippen LogP contribution < -0.4 is 0 Å². The second kappa shape index (κ2) is 4.63. The Morgan fingerprint density at radius 2 is 2.05 bits per heavy atom. The third kappa shape index (κ3) is 1.98. The summed E-state index contributed by atoms with van der Waals surface area (Å²) in [5, 5.41) is 0. The van der Waals surface area contributed by atoms with Crippen LogP contribution in [0.15, 0.2) is 42.6 Å². The molecule has 0 aliphatic heterocycles. The van der Waals surface area contributed by atoms with Crippen LogP contribution in [0.2, 0.25) is 0 Å². The van der Waals surface area contributed by atoms with Crippen LogP contribution in [-0.2, 0) is 0 Å². The zero-order valence-corrected chi connectivity index (χ0v) is 11.7. The summed E-state index contributed by atoms with van der Waals surface area (Å²) in [7, 11) is 0. The predicted molar refractivity (Wildman–Crippen MR) is 79.9 cm³/mol. The van der Waals surface area contributed by atoms with Crippen molar-refractivity contribution in [3.63, 3.8) is 0 Å². The molecule has 4 heteroatoms. The SMILES string of the molecule is Cc1cccc2[nH]c(=S)n(C(C)c3ccccn3)c12. The molecule has 96 valence electrons. The number of nitrogens with zero attached hydrogens (tertiary/aromatic N) is 2. The topological polar surface area (TPSA) is 33.6 Å². The lowest BCUT2D eigenvalue weighted by atomic mass is 10.1. The maximum absolute atomic E-state index is 5.47. The number of aromatic nitrogens is 3. The van der Waals surface area contributed by atoms with Gasteiger partial charge in [-0.3, -0.25) is 4.98 Å². The molecular formula is C15H15N3S. The molecule has 3 rings (SSSR count). The normalized spacial score (nSPS) is 12.7. The van der Waals surface area contributed by atoms with Crippen molar-refractivity contribution in [1.82, 2.24) is 14.5 Å². The first kappa shape index (κ1) is 12.1. The van der Waals surface area contributed by atoms with Crippen molar-refractivity contribution >= 4 is 23.3 Å². The number of nitrogens with one attached hydrogen (secondary N) is 1. The number of para-hydroxylation sites is 1. The third-order valence-electron chi connectivity index (χ3n) is 3.44. The van der Waals surface area contributed by atoms with Crippen molar-refractivity contribution in [2.75, 3.05) is 0 Å². The lowest BCUT2D eigenvalue weighted by molar-refractivity contribution is 0.629. The molecule has 1 N–H and O–H groups in total. The number of benzene rings is 1. The summed E-state index contributed by atoms with van der Waals surface area (Å²) in [6, 6.07) is 12.3. The first-order valence-corrected chi connectivity index (χ1v) is 6.70. The Morgan fingerprint density at radius 1 is 1.21 bits per heavy atom. The number of fused-ring (bicyclic) bond motifs is 1. The molecule has 0 spiro atoms. The van der Waals surface area contributed by atoms with E-state index in [1.54, 1.807) is 0 Å². The smallest absolute Gasteiger partial charge is 0.178 e. The Hall–Kier alpha value is -1.94. The van der Waals surface area contributed by atoms with Gasteiger partial charge < -0.3 is 9.55 Å². The molecule has 19 heavy (non-hydrogen) atoms. The van der Waals surface area contributed by atoms with Crippen molar-refractivity contribution in [1.29, 1.82) is 0 Å². The summed E-state index contributed by atoms with van der Waals surface area (Å²) in [6.07, 6.45) is 1.82. The number of imidazole rings is 1. The van der Waals surface area contributed by atoms with Crippen molar-refractivity contribution in [2.45, 2.75) is 19.9 Å². The van der Waals surface area contributed by atoms with Gasteiger partial charge in [-0.05, 0) is 49.8 Å². The zero-order valence-electron chi connectivity index (χ0n) is 10.9. The van der Waals surface area contributed by atoms with E-state index in [-0.39, 0.29) is 6.04 Å². The number of hydrogen-bond donors (Lipinski definition) is 1. The Morgan fingerprint density at radius 3 is 2.79 bits per heavy atom. The molecule has 0 aliphatic carbocycles. The quantitative estimate of drug-likeness (QED) is 0.713. The third-order valence-corrected chi connectivity index (χ3v) is 3.74. The van der Waals surface area contributed by atoms with Crippen LogP contribution in [0, 0.1) is 11.7 Å². The van der Waals surface area contributed by atoms with Crippen molar-refractivity contribution in [3.05, 3.63) is 58.6 Å². The minimum Gasteiger partial charge on any atom is -0.331 e. The minimum absolute atomic E-state index is 0.114. The summed E-state index contributed by atoms with van der Waals surface area (Å²) in [5.41, 5.74) is 4.47. The van der Waals surface area contributed by atoms with E-state index >= 15 is 0 Å². The largest absolute Gasteiger partial charge is 0.331 e. The molecule has 0 amide bonds. The van der Waals surface area contributed by atoms with Crippen molar-refractivity contribution in [2.24, 2.45) is 0 Å². The Bertz CT molecular complexity index is 771. The highest BCUT2D eigenvalue weighted by Gasteiger charge is 2.14. The molecule has 0 saturated carbocycles. The monoisotopic (exact) mass is 269 g/mol. The second-order valence-corrected chi connectivity index (χ2v) is 5.09. The van der Waals surface area contributed by atoms with Crippen LogP contribution in [0.3, 0.4) is 0 Å². The summed E-state index contributed by atoms with van der Waals surface area (Å²) in [4.78, 5) is 7.70. The Balaban J connectivity index is 2.26. The fourth-order valence-corrected chi connectivity index (χ4v) is 2.84. The molecule has 2 aromatic heterocycles. The standard InChI is InChI=1S/C15H15N3S/c1-10-6-5-8-13-14(10)18(15(19)17-13)11(2)12-7-3-4-9-16-12/h3-9,11H,1-2H3,(H,17,19). The molecule has 3 nitrogen and oxygen atoms in total. The number of aromatic amines is 1. The van der Waals surface area contributed by atoms with Crippen LogP contribution in [0.4, 0.5) is 0 Å². The molecule has 1 aromatic carbocycles. The van der Waals surface area contributed by atoms with Crippen LogP contribution >= 0.6 is 12.2 Å². The average molecular weight is 269 g/mol. The average Bonchev–Trinajstić information content (AvgIpc) is 2.76. The highest BCUT2D eigenvalue weighted by atomic mass is 32.1. The van der Waals surface area contributed by atoms with Crippen LogP contribution in [0.1, 0.15) is 24.2 Å². The van der Waals surface area contributed by atoms with Gasteiger partial charge in [0.2, 0.25) is 0 Å². The number of hydrogen-bond acceptors (Lipinski definition) is 2. The van der Waals surface area contributed by atoms with Gasteiger partial charge in [-0.1, -0.05) is 18.2 Å². The van der Waals surface area contributed by atoms with E-state index in [1.165, 1.54) is 5.56 Å². The highest BCUT2D eigenvalue weighted by molar-refractivity contribution is 7.71. The summed E-state index contributed by atoms with van der Waals surface area (Å²) in [6.45, 7) is 4.23. The second-order valence-electron chi connectivity index (χ2n) is 4.70. The van der Waals surface area contributed by atoms with Crippen LogP contribution in [0.5, 0.6) is 0 Å². The van der Waals surface area contributed by atoms with E-state index in [2.05, 4.69) is 40.5 Å². The molecule has 0 saturated heterocycles. The number of pyridine rings is 1. The summed E-state index contributed by atoms with van der Waals surface area (Å²) in [5.74, 6) is 0. The van der Waals surface area contributed by atoms with Gasteiger partial charge in [-0.2, -0.15) is 0 Å². The van der Waals surface area contributed by atoms with Gasteiger partial charge in [0.15, 0.2) is 4.77 Å². The molecular weight excluding hydrogens is 254 g/mol. The maximum atomic E-state index is 5.47. The first-order valence-electron chi connectivity index (χ1n) is 6.29. The fraction of sp³-hybridized carbons (Fsp3) is 0.200. The van der Waals surface area contributed by atoms with Gasteiger partial charge in [0, 0.05) is 6.20 Å². The first-order chi connectivity index (χ1) is 9.18. The molecule has 2 heterocycles. The van der Waals surface area contributed by atoms with Gasteiger partial charge >= 0.3 is 0 Å². The zero-order chi connectivity index (χ0) is 13.4. The van der Waals surface area contributed by atoms with Gasteiger partial charge in [0.25, 0.3) is 0 Å². The van der Waals surface area contributed by atoms with Gasteiger partial charge in [0.05, 0.1) is 22.8 Å². The van der Waals surface area contributed by atoms with Crippen molar-refractivity contribution < 1.29 is 0 Å². The van der Waals surface area contributed by atoms with Gasteiger partial charge in [-0.25, -0.2) is 0 Å². The molecule has 1 atom stereocenters. The van der Waals surface area contributed by atoms with E-state index in [1.807, 2.05) is 30.5 Å². The van der Waals surface area contributed by atoms with E-state index in [0.29, 0.717) is 0 Å². The highest BCUT2D eigenvalue weighted by Crippen LogP contribution is 2.25. The Labute approximate surface area is 116 Å². The van der Waals surface area contributed by atoms with Crippen LogP contribution in [-0.4, -0.2) is 14.5 Å². The number of H-pyrrole nitrogens is 1. The van der Waals surface area contributed by atoms with E-state index < -0.39 is 0 Å². The summed E-state index contributed by atoms with van der Waals surface area (Å²) >= 11 is 5.47. The van der Waals surface area contributed by atoms with E-state index in [0.717, 1.165) is 21.5 Å². The lowest BCUT2D eigenvalue weighted by Gasteiger charge is -2.15. The van der Waals surface area contributed by atoms with E-state index in [4.69, 9.17) is 12.2 Å². The van der Waals surface area contributed by atoms with Crippen molar-refractivity contribution in [3.8, 4) is 0 Å². The molecule has 0 radical (unpaired) electrons. The number of rotatable bonds is 2.